The number of piperidine rings is 1. The molecule has 1 atom stereocenters. The van der Waals surface area contributed by atoms with E-state index in [1.807, 2.05) is 36.4 Å². The lowest BCUT2D eigenvalue weighted by Gasteiger charge is -2.28. The van der Waals surface area contributed by atoms with Gasteiger partial charge in [-0.05, 0) is 60.7 Å². The van der Waals surface area contributed by atoms with Crippen LogP contribution in [0.15, 0.2) is 48.5 Å². The fourth-order valence-corrected chi connectivity index (χ4v) is 3.39. The van der Waals surface area contributed by atoms with Crippen molar-refractivity contribution in [1.29, 1.82) is 5.26 Å². The summed E-state index contributed by atoms with van der Waals surface area (Å²) < 4.78 is 0. The highest BCUT2D eigenvalue weighted by Crippen LogP contribution is 2.36. The summed E-state index contributed by atoms with van der Waals surface area (Å²) in [5.41, 5.74) is 3.40. The fourth-order valence-electron chi connectivity index (χ4n) is 3.27. The number of nitrogens with zero attached hydrogens (tertiary/aromatic N) is 1. The molecule has 2 aromatic rings. The molecule has 1 heterocycles. The van der Waals surface area contributed by atoms with Crippen LogP contribution in [0.1, 0.15) is 24.3 Å². The molecule has 0 unspecified atom stereocenters. The summed E-state index contributed by atoms with van der Waals surface area (Å²) >= 11 is 5.99. The maximum atomic E-state index is 9.76. The van der Waals surface area contributed by atoms with Crippen molar-refractivity contribution in [3.8, 4) is 17.2 Å². The number of nitrogens with one attached hydrogen (secondary N) is 1. The van der Waals surface area contributed by atoms with E-state index >= 15 is 0 Å². The minimum Gasteiger partial charge on any atom is -0.317 e. The van der Waals surface area contributed by atoms with E-state index < -0.39 is 0 Å². The summed E-state index contributed by atoms with van der Waals surface area (Å²) in [7, 11) is 0. The van der Waals surface area contributed by atoms with Crippen molar-refractivity contribution in [3.63, 3.8) is 0 Å². The van der Waals surface area contributed by atoms with E-state index in [1.165, 1.54) is 0 Å². The van der Waals surface area contributed by atoms with Gasteiger partial charge in [0.15, 0.2) is 0 Å². The molecule has 2 nitrogen and oxygen atoms in total. The smallest absolute Gasteiger partial charge is 0.0747 e. The predicted molar refractivity (Wildman–Crippen MR) is 90.8 cm³/mol. The van der Waals surface area contributed by atoms with Gasteiger partial charge in [0.2, 0.25) is 0 Å². The first-order valence-corrected chi connectivity index (χ1v) is 8.12. The molecule has 1 fully saturated rings. The van der Waals surface area contributed by atoms with Crippen molar-refractivity contribution in [2.45, 2.75) is 18.8 Å². The molecule has 1 N–H and O–H groups in total. The van der Waals surface area contributed by atoms with E-state index in [0.29, 0.717) is 5.92 Å². The first kappa shape index (κ1) is 15.1. The average Bonchev–Trinajstić information content (AvgIpc) is 2.58. The Labute approximate surface area is 136 Å². The van der Waals surface area contributed by atoms with Crippen LogP contribution in [-0.2, 0) is 0 Å². The monoisotopic (exact) mass is 310 g/mol. The third kappa shape index (κ3) is 3.16. The third-order valence-electron chi connectivity index (χ3n) is 4.45. The van der Waals surface area contributed by atoms with Gasteiger partial charge in [0.25, 0.3) is 0 Å². The van der Waals surface area contributed by atoms with Gasteiger partial charge >= 0.3 is 0 Å². The Kier molecular flexibility index (Phi) is 4.77. The van der Waals surface area contributed by atoms with Crippen molar-refractivity contribution >= 4 is 11.6 Å². The topological polar surface area (TPSA) is 35.8 Å². The van der Waals surface area contributed by atoms with Crippen LogP contribution in [-0.4, -0.2) is 13.1 Å². The highest BCUT2D eigenvalue weighted by molar-refractivity contribution is 6.30. The Hall–Kier alpha value is -1.82. The molecule has 0 aliphatic carbocycles. The molecule has 0 aromatic heterocycles. The van der Waals surface area contributed by atoms with Crippen LogP contribution >= 0.6 is 11.6 Å². The lowest BCUT2D eigenvalue weighted by molar-refractivity contribution is 0.351. The summed E-state index contributed by atoms with van der Waals surface area (Å²) in [5.74, 6) is 0.383. The molecule has 112 valence electrons. The highest BCUT2D eigenvalue weighted by atomic mass is 35.5. The van der Waals surface area contributed by atoms with Crippen molar-refractivity contribution in [2.75, 3.05) is 13.1 Å². The summed E-state index contributed by atoms with van der Waals surface area (Å²) in [6.07, 6.45) is 2.13. The number of hydrogen-bond donors (Lipinski definition) is 1. The zero-order chi connectivity index (χ0) is 15.4. The van der Waals surface area contributed by atoms with E-state index in [-0.39, 0.29) is 5.92 Å². The average molecular weight is 311 g/mol. The molecule has 0 radical (unpaired) electrons. The van der Waals surface area contributed by atoms with Gasteiger partial charge in [-0.25, -0.2) is 0 Å². The van der Waals surface area contributed by atoms with Crippen LogP contribution in [0, 0.1) is 17.2 Å². The molecule has 1 aliphatic heterocycles. The quantitative estimate of drug-likeness (QED) is 0.898. The Morgan fingerprint density at radius 2 is 1.73 bits per heavy atom. The number of halogens is 1. The van der Waals surface area contributed by atoms with Crippen LogP contribution in [0.4, 0.5) is 0 Å². The maximum absolute atomic E-state index is 9.76. The van der Waals surface area contributed by atoms with Gasteiger partial charge in [-0.15, -0.1) is 0 Å². The summed E-state index contributed by atoms with van der Waals surface area (Å²) in [6, 6.07) is 18.7. The Balaban J connectivity index is 1.99. The van der Waals surface area contributed by atoms with E-state index in [0.717, 1.165) is 47.6 Å². The molecule has 0 spiro atoms. The lowest BCUT2D eigenvalue weighted by Crippen LogP contribution is -2.30. The summed E-state index contributed by atoms with van der Waals surface area (Å²) in [5, 5.41) is 13.9. The lowest BCUT2D eigenvalue weighted by atomic mass is 9.79. The third-order valence-corrected chi connectivity index (χ3v) is 4.70. The van der Waals surface area contributed by atoms with Crippen LogP contribution in [0.25, 0.3) is 11.1 Å². The van der Waals surface area contributed by atoms with Gasteiger partial charge in [-0.1, -0.05) is 48.0 Å². The summed E-state index contributed by atoms with van der Waals surface area (Å²) in [4.78, 5) is 0. The van der Waals surface area contributed by atoms with Gasteiger partial charge in [-0.2, -0.15) is 5.26 Å². The largest absolute Gasteiger partial charge is 0.317 e. The Morgan fingerprint density at radius 1 is 1.05 bits per heavy atom. The van der Waals surface area contributed by atoms with Gasteiger partial charge in [0.1, 0.15) is 0 Å². The first-order chi connectivity index (χ1) is 10.8. The van der Waals surface area contributed by atoms with E-state index in [4.69, 9.17) is 11.6 Å². The minimum atomic E-state index is -0.0472. The second-order valence-electron chi connectivity index (χ2n) is 5.79. The van der Waals surface area contributed by atoms with Gasteiger partial charge < -0.3 is 5.32 Å². The van der Waals surface area contributed by atoms with Crippen molar-refractivity contribution in [1.82, 2.24) is 5.32 Å². The van der Waals surface area contributed by atoms with Crippen LogP contribution in [0.5, 0.6) is 0 Å². The Morgan fingerprint density at radius 3 is 2.41 bits per heavy atom. The molecule has 2 aromatic carbocycles. The molecule has 3 heteroatoms. The molecular formula is C19H19ClN2. The van der Waals surface area contributed by atoms with Crippen LogP contribution in [0.2, 0.25) is 5.02 Å². The molecule has 0 bridgehead atoms. The zero-order valence-electron chi connectivity index (χ0n) is 12.4. The number of benzene rings is 2. The van der Waals surface area contributed by atoms with Crippen molar-refractivity contribution in [2.24, 2.45) is 5.92 Å². The van der Waals surface area contributed by atoms with Crippen molar-refractivity contribution < 1.29 is 0 Å². The second kappa shape index (κ2) is 6.96. The van der Waals surface area contributed by atoms with Crippen molar-refractivity contribution in [3.05, 3.63) is 59.1 Å². The molecule has 1 saturated heterocycles. The number of rotatable bonds is 3. The fraction of sp³-hybridized carbons (Fsp3) is 0.316. The molecule has 3 rings (SSSR count). The van der Waals surface area contributed by atoms with Crippen LogP contribution in [0.3, 0.4) is 0 Å². The Bertz CT molecular complexity index is 667. The SMILES string of the molecule is N#C[C@H](c1ccccc1-c1ccc(Cl)cc1)C1CCNCC1. The molecule has 0 amide bonds. The molecule has 0 saturated carbocycles. The van der Waals surface area contributed by atoms with Gasteiger partial charge in [-0.3, -0.25) is 0 Å². The maximum Gasteiger partial charge on any atom is 0.0747 e. The highest BCUT2D eigenvalue weighted by Gasteiger charge is 2.26. The van der Waals surface area contributed by atoms with Gasteiger partial charge in [0, 0.05) is 5.02 Å². The molecular weight excluding hydrogens is 292 g/mol. The van der Waals surface area contributed by atoms with Gasteiger partial charge in [0.05, 0.1) is 12.0 Å². The predicted octanol–water partition coefficient (Wildman–Crippen LogP) is 4.61. The summed E-state index contributed by atoms with van der Waals surface area (Å²) in [6.45, 7) is 2.01. The van der Waals surface area contributed by atoms with Crippen LogP contribution < -0.4 is 5.32 Å². The van der Waals surface area contributed by atoms with E-state index in [1.54, 1.807) is 0 Å². The number of nitriles is 1. The first-order valence-electron chi connectivity index (χ1n) is 7.75. The zero-order valence-corrected chi connectivity index (χ0v) is 13.2. The minimum absolute atomic E-state index is 0.0472. The van der Waals surface area contributed by atoms with E-state index in [9.17, 15) is 5.26 Å². The second-order valence-corrected chi connectivity index (χ2v) is 6.22. The molecule has 1 aliphatic rings. The van der Waals surface area contributed by atoms with E-state index in [2.05, 4.69) is 23.5 Å². The molecule has 22 heavy (non-hydrogen) atoms. The standard InChI is InChI=1S/C19H19ClN2/c20-16-7-5-14(6-8-16)17-3-1-2-4-18(17)19(13-21)15-9-11-22-12-10-15/h1-8,15,19,22H,9-12H2/t19-/m0/s1. The normalized spacial score (nSPS) is 16.9. The number of hydrogen-bond acceptors (Lipinski definition) is 2.